The van der Waals surface area contributed by atoms with E-state index in [-0.39, 0.29) is 11.6 Å². The van der Waals surface area contributed by atoms with Gasteiger partial charge in [0.05, 0.1) is 0 Å². The zero-order valence-electron chi connectivity index (χ0n) is 15.0. The molecule has 1 rings (SSSR count). The van der Waals surface area contributed by atoms with Crippen molar-refractivity contribution in [2.24, 2.45) is 0 Å². The van der Waals surface area contributed by atoms with Gasteiger partial charge in [-0.15, -0.1) is 0 Å². The molecule has 0 radical (unpaired) electrons. The Morgan fingerprint density at radius 2 is 1.83 bits per heavy atom. The summed E-state index contributed by atoms with van der Waals surface area (Å²) in [6, 6.07) is 9.44. The van der Waals surface area contributed by atoms with Gasteiger partial charge in [0, 0.05) is 6.61 Å². The van der Waals surface area contributed by atoms with Crippen LogP contribution in [0.2, 0.25) is 18.1 Å². The minimum atomic E-state index is -1.76. The van der Waals surface area contributed by atoms with Crippen LogP contribution in [-0.4, -0.2) is 32.1 Å². The Hall–Kier alpha value is -1.17. The molecule has 0 aliphatic heterocycles. The molecule has 130 valence electrons. The van der Waals surface area contributed by atoms with Crippen molar-refractivity contribution in [1.82, 2.24) is 0 Å². The van der Waals surface area contributed by atoms with Crippen LogP contribution in [0.5, 0.6) is 0 Å². The second kappa shape index (κ2) is 8.62. The maximum atomic E-state index is 11.8. The number of benzene rings is 1. The van der Waals surface area contributed by atoms with Crippen LogP contribution in [0.1, 0.15) is 39.2 Å². The number of carbonyl (C=O) groups excluding carboxylic acids is 1. The van der Waals surface area contributed by atoms with E-state index < -0.39 is 20.4 Å². The van der Waals surface area contributed by atoms with Gasteiger partial charge in [-0.05, 0) is 36.5 Å². The molecule has 1 aromatic carbocycles. The van der Waals surface area contributed by atoms with Gasteiger partial charge in [0.1, 0.15) is 6.61 Å². The second-order valence-corrected chi connectivity index (χ2v) is 12.2. The summed E-state index contributed by atoms with van der Waals surface area (Å²) >= 11 is 0. The molecule has 0 aliphatic rings. The van der Waals surface area contributed by atoms with Gasteiger partial charge in [0.25, 0.3) is 0 Å². The number of rotatable bonds is 8. The second-order valence-electron chi connectivity index (χ2n) is 7.36. The average molecular weight is 339 g/mol. The highest BCUT2D eigenvalue weighted by Crippen LogP contribution is 2.36. The molecule has 1 atom stereocenters. The fourth-order valence-electron chi connectivity index (χ4n) is 1.76. The zero-order chi connectivity index (χ0) is 17.5. The summed E-state index contributed by atoms with van der Waals surface area (Å²) in [5.41, 5.74) is 0.911. The summed E-state index contributed by atoms with van der Waals surface area (Å²) in [7, 11) is -1.76. The molecule has 0 unspecified atom stereocenters. The van der Waals surface area contributed by atoms with Crippen LogP contribution >= 0.6 is 0 Å². The molecule has 0 amide bonds. The van der Waals surface area contributed by atoms with Crippen molar-refractivity contribution >= 4 is 14.3 Å². The highest BCUT2D eigenvalue weighted by atomic mass is 28.4. The predicted octanol–water partition coefficient (Wildman–Crippen LogP) is 3.89. The fraction of sp³-hybridized carbons (Fsp3) is 0.611. The molecule has 0 aliphatic carbocycles. The third kappa shape index (κ3) is 6.85. The zero-order valence-corrected chi connectivity index (χ0v) is 16.0. The van der Waals surface area contributed by atoms with Gasteiger partial charge in [-0.3, -0.25) is 0 Å². The van der Waals surface area contributed by atoms with Crippen LogP contribution in [0.15, 0.2) is 30.3 Å². The summed E-state index contributed by atoms with van der Waals surface area (Å²) in [6.07, 6.45) is -0.0715. The molecule has 0 bridgehead atoms. The summed E-state index contributed by atoms with van der Waals surface area (Å²) < 4.78 is 11.2. The van der Waals surface area contributed by atoms with Crippen LogP contribution in [0.3, 0.4) is 0 Å². The van der Waals surface area contributed by atoms with Crippen molar-refractivity contribution in [3.05, 3.63) is 35.9 Å². The van der Waals surface area contributed by atoms with Crippen molar-refractivity contribution in [3.8, 4) is 0 Å². The standard InChI is InChI=1S/C18H30O4Si/c1-18(2,3)23(4,5)22-13-9-12-16(19)17(20)21-14-15-10-7-6-8-11-15/h6-8,10-11,16,19H,9,12-14H2,1-5H3/t16-/m0/s1. The molecule has 0 heterocycles. The predicted molar refractivity (Wildman–Crippen MR) is 94.6 cm³/mol. The van der Waals surface area contributed by atoms with Crippen LogP contribution in [0, 0.1) is 0 Å². The first-order chi connectivity index (χ1) is 10.6. The maximum Gasteiger partial charge on any atom is 0.335 e. The van der Waals surface area contributed by atoms with E-state index in [9.17, 15) is 9.90 Å². The molecule has 0 fully saturated rings. The lowest BCUT2D eigenvalue weighted by Crippen LogP contribution is -2.41. The Morgan fingerprint density at radius 1 is 1.22 bits per heavy atom. The molecule has 0 saturated carbocycles. The van der Waals surface area contributed by atoms with E-state index in [2.05, 4.69) is 33.9 Å². The first-order valence-electron chi connectivity index (χ1n) is 8.16. The number of esters is 1. The van der Waals surface area contributed by atoms with Gasteiger partial charge >= 0.3 is 5.97 Å². The van der Waals surface area contributed by atoms with Crippen LogP contribution in [0.4, 0.5) is 0 Å². The highest BCUT2D eigenvalue weighted by molar-refractivity contribution is 6.74. The topological polar surface area (TPSA) is 55.8 Å². The van der Waals surface area contributed by atoms with E-state index in [0.717, 1.165) is 5.56 Å². The highest BCUT2D eigenvalue weighted by Gasteiger charge is 2.36. The Morgan fingerprint density at radius 3 is 2.39 bits per heavy atom. The van der Waals surface area contributed by atoms with Gasteiger partial charge < -0.3 is 14.3 Å². The molecule has 5 heteroatoms. The number of hydrogen-bond acceptors (Lipinski definition) is 4. The van der Waals surface area contributed by atoms with Crippen LogP contribution < -0.4 is 0 Å². The van der Waals surface area contributed by atoms with Gasteiger partial charge in [-0.25, -0.2) is 4.79 Å². The maximum absolute atomic E-state index is 11.8. The van der Waals surface area contributed by atoms with Crippen molar-refractivity contribution in [1.29, 1.82) is 0 Å². The number of ether oxygens (including phenoxy) is 1. The molecule has 0 saturated heterocycles. The monoisotopic (exact) mass is 338 g/mol. The lowest BCUT2D eigenvalue weighted by Gasteiger charge is -2.36. The number of carbonyl (C=O) groups is 1. The first-order valence-corrected chi connectivity index (χ1v) is 11.1. The van der Waals surface area contributed by atoms with Gasteiger partial charge in [0.15, 0.2) is 14.4 Å². The molecule has 0 aromatic heterocycles. The summed E-state index contributed by atoms with van der Waals surface area (Å²) in [6.45, 7) is 11.7. The third-order valence-corrected chi connectivity index (χ3v) is 8.93. The molecule has 23 heavy (non-hydrogen) atoms. The first kappa shape index (κ1) is 19.9. The smallest absolute Gasteiger partial charge is 0.335 e. The van der Waals surface area contributed by atoms with E-state index >= 15 is 0 Å². The lowest BCUT2D eigenvalue weighted by molar-refractivity contribution is -0.155. The minimum Gasteiger partial charge on any atom is -0.459 e. The largest absolute Gasteiger partial charge is 0.459 e. The van der Waals surface area contributed by atoms with E-state index in [1.807, 2.05) is 30.3 Å². The van der Waals surface area contributed by atoms with Crippen LogP contribution in [-0.2, 0) is 20.6 Å². The van der Waals surface area contributed by atoms with E-state index in [0.29, 0.717) is 19.4 Å². The summed E-state index contributed by atoms with van der Waals surface area (Å²) in [4.78, 5) is 11.8. The fourth-order valence-corrected chi connectivity index (χ4v) is 2.85. The molecule has 1 aromatic rings. The molecule has 4 nitrogen and oxygen atoms in total. The van der Waals surface area contributed by atoms with Gasteiger partial charge in [-0.1, -0.05) is 51.1 Å². The van der Waals surface area contributed by atoms with E-state index in [1.165, 1.54) is 0 Å². The Kier molecular flexibility index (Phi) is 7.44. The van der Waals surface area contributed by atoms with Crippen molar-refractivity contribution < 1.29 is 19.1 Å². The van der Waals surface area contributed by atoms with Crippen molar-refractivity contribution in [3.63, 3.8) is 0 Å². The molecule has 1 N–H and O–H groups in total. The molecule has 0 spiro atoms. The van der Waals surface area contributed by atoms with Crippen molar-refractivity contribution in [2.75, 3.05) is 6.61 Å². The van der Waals surface area contributed by atoms with E-state index in [4.69, 9.17) is 9.16 Å². The Bertz CT molecular complexity index is 480. The van der Waals surface area contributed by atoms with E-state index in [1.54, 1.807) is 0 Å². The van der Waals surface area contributed by atoms with Gasteiger partial charge in [-0.2, -0.15) is 0 Å². The number of aliphatic hydroxyl groups is 1. The number of aliphatic hydroxyl groups excluding tert-OH is 1. The molecular formula is C18H30O4Si. The summed E-state index contributed by atoms with van der Waals surface area (Å²) in [5.74, 6) is -0.568. The average Bonchev–Trinajstić information content (AvgIpc) is 2.48. The van der Waals surface area contributed by atoms with Crippen molar-refractivity contribution in [2.45, 2.75) is 64.5 Å². The minimum absolute atomic E-state index is 0.167. The number of hydrogen-bond donors (Lipinski definition) is 1. The SMILES string of the molecule is CC(C)(C)[Si](C)(C)OCCC[C@H](O)C(=O)OCc1ccccc1. The van der Waals surface area contributed by atoms with Crippen LogP contribution in [0.25, 0.3) is 0 Å². The quantitative estimate of drug-likeness (QED) is 0.444. The van der Waals surface area contributed by atoms with Gasteiger partial charge in [0.2, 0.25) is 0 Å². The lowest BCUT2D eigenvalue weighted by atomic mass is 10.2. The Balaban J connectivity index is 2.26. The normalized spacial score (nSPS) is 13.7. The molecular weight excluding hydrogens is 308 g/mol. The Labute approximate surface area is 140 Å². The third-order valence-electron chi connectivity index (χ3n) is 4.39. The summed E-state index contributed by atoms with van der Waals surface area (Å²) in [5, 5.41) is 10.0.